The molecule has 26 heavy (non-hydrogen) atoms. The molecule has 0 saturated carbocycles. The van der Waals surface area contributed by atoms with Crippen molar-refractivity contribution in [2.45, 2.75) is 18.1 Å². The maximum absolute atomic E-state index is 13.9. The first-order valence-corrected chi connectivity index (χ1v) is 8.60. The number of thioether (sulfide) groups is 1. The summed E-state index contributed by atoms with van der Waals surface area (Å²) in [6.07, 6.45) is 3.19. The first kappa shape index (κ1) is 18.1. The van der Waals surface area contributed by atoms with Gasteiger partial charge in [-0.2, -0.15) is 15.2 Å². The lowest BCUT2D eigenvalue weighted by atomic mass is 10.2. The highest BCUT2D eigenvalue weighted by Gasteiger charge is 2.16. The third kappa shape index (κ3) is 3.77. The minimum atomic E-state index is -1.27. The van der Waals surface area contributed by atoms with E-state index in [1.807, 2.05) is 0 Å². The second-order valence-electron chi connectivity index (χ2n) is 5.38. The number of nitrogens with zero attached hydrogens (tertiary/aromatic N) is 6. The molecule has 0 radical (unpaired) electrons. The average molecular weight is 382 g/mol. The van der Waals surface area contributed by atoms with Crippen molar-refractivity contribution in [3.8, 4) is 0 Å². The minimum absolute atomic E-state index is 0.0432. The van der Waals surface area contributed by atoms with Crippen LogP contribution in [0.25, 0.3) is 0 Å². The summed E-state index contributed by atoms with van der Waals surface area (Å²) in [4.78, 5) is 20.1. The Morgan fingerprint density at radius 2 is 1.85 bits per heavy atom. The zero-order valence-electron chi connectivity index (χ0n) is 13.8. The van der Waals surface area contributed by atoms with Crippen molar-refractivity contribution in [3.63, 3.8) is 0 Å². The molecular weight excluding hydrogens is 369 g/mol. The fourth-order valence-electron chi connectivity index (χ4n) is 2.27. The van der Waals surface area contributed by atoms with Crippen LogP contribution in [0, 0.1) is 17.5 Å². The average Bonchev–Trinajstić information content (AvgIpc) is 3.00. The number of rotatable bonds is 5. The standard InChI is InChI=1S/C15H13F3N6OS/c1-23-7-19-13(22-23)5-12-14(25)20-15(26-2)24(21-12)6-8-3-10(17)11(18)4-9(8)16/h3-4,7H,5-6H2,1-2H3. The molecule has 1 aromatic carbocycles. The van der Waals surface area contributed by atoms with Gasteiger partial charge in [-0.25, -0.2) is 22.8 Å². The van der Waals surface area contributed by atoms with Crippen LogP contribution >= 0.6 is 11.8 Å². The molecule has 0 atom stereocenters. The lowest BCUT2D eigenvalue weighted by molar-refractivity contribution is 0.477. The SMILES string of the molecule is CSc1nc(=O)c(Cc2ncn(C)n2)nn1Cc1cc(F)c(F)cc1F. The van der Waals surface area contributed by atoms with Crippen molar-refractivity contribution < 1.29 is 13.2 Å². The van der Waals surface area contributed by atoms with Crippen molar-refractivity contribution in [2.75, 3.05) is 6.26 Å². The topological polar surface area (TPSA) is 78.5 Å². The zero-order valence-corrected chi connectivity index (χ0v) is 14.6. The van der Waals surface area contributed by atoms with Crippen molar-refractivity contribution in [1.82, 2.24) is 29.5 Å². The second kappa shape index (κ2) is 7.28. The van der Waals surface area contributed by atoms with Gasteiger partial charge in [0.05, 0.1) is 13.0 Å². The highest BCUT2D eigenvalue weighted by Crippen LogP contribution is 2.17. The third-order valence-electron chi connectivity index (χ3n) is 3.47. The molecule has 0 spiro atoms. The van der Waals surface area contributed by atoms with Gasteiger partial charge in [-0.1, -0.05) is 11.8 Å². The van der Waals surface area contributed by atoms with Crippen molar-refractivity contribution in [3.05, 3.63) is 63.3 Å². The summed E-state index contributed by atoms with van der Waals surface area (Å²) in [5.74, 6) is -2.98. The summed E-state index contributed by atoms with van der Waals surface area (Å²) in [7, 11) is 1.68. The van der Waals surface area contributed by atoms with Crippen LogP contribution in [-0.2, 0) is 20.0 Å². The number of aryl methyl sites for hydroxylation is 1. The molecule has 11 heteroatoms. The number of hydrogen-bond donors (Lipinski definition) is 0. The molecule has 0 unspecified atom stereocenters. The van der Waals surface area contributed by atoms with Gasteiger partial charge in [0.2, 0.25) is 0 Å². The zero-order chi connectivity index (χ0) is 18.8. The normalized spacial score (nSPS) is 11.1. The van der Waals surface area contributed by atoms with E-state index in [4.69, 9.17) is 0 Å². The summed E-state index contributed by atoms with van der Waals surface area (Å²) in [5.41, 5.74) is -0.597. The van der Waals surface area contributed by atoms with Crippen molar-refractivity contribution >= 4 is 11.8 Å². The van der Waals surface area contributed by atoms with Crippen LogP contribution in [0.15, 0.2) is 28.4 Å². The third-order valence-corrected chi connectivity index (χ3v) is 4.14. The van der Waals surface area contributed by atoms with Gasteiger partial charge in [0.25, 0.3) is 5.56 Å². The molecular formula is C15H13F3N6OS. The fraction of sp³-hybridized carbons (Fsp3) is 0.267. The quantitative estimate of drug-likeness (QED) is 0.492. The Morgan fingerprint density at radius 1 is 1.12 bits per heavy atom. The number of hydrogen-bond acceptors (Lipinski definition) is 6. The Bertz CT molecular complexity index is 1020. The molecule has 0 amide bonds. The Labute approximate surface area is 149 Å². The summed E-state index contributed by atoms with van der Waals surface area (Å²) in [6, 6.07) is 1.23. The van der Waals surface area contributed by atoms with Gasteiger partial charge in [-0.05, 0) is 12.3 Å². The highest BCUT2D eigenvalue weighted by molar-refractivity contribution is 7.98. The minimum Gasteiger partial charge on any atom is -0.265 e. The van der Waals surface area contributed by atoms with E-state index in [2.05, 4.69) is 20.2 Å². The number of benzene rings is 1. The summed E-state index contributed by atoms with van der Waals surface area (Å²) >= 11 is 1.12. The fourth-order valence-corrected chi connectivity index (χ4v) is 2.76. The van der Waals surface area contributed by atoms with Crippen LogP contribution in [0.3, 0.4) is 0 Å². The van der Waals surface area contributed by atoms with Crippen molar-refractivity contribution in [2.24, 2.45) is 7.05 Å². The van der Waals surface area contributed by atoms with Crippen LogP contribution in [-0.4, -0.2) is 35.8 Å². The van der Waals surface area contributed by atoms with E-state index in [1.165, 1.54) is 15.7 Å². The van der Waals surface area contributed by atoms with E-state index >= 15 is 0 Å². The van der Waals surface area contributed by atoms with E-state index in [0.29, 0.717) is 11.9 Å². The van der Waals surface area contributed by atoms with Gasteiger partial charge in [-0.15, -0.1) is 0 Å². The molecule has 3 aromatic rings. The number of halogens is 3. The van der Waals surface area contributed by atoms with Gasteiger partial charge in [-0.3, -0.25) is 9.48 Å². The van der Waals surface area contributed by atoms with Crippen LogP contribution in [0.5, 0.6) is 0 Å². The molecule has 0 bridgehead atoms. The molecule has 0 fully saturated rings. The van der Waals surface area contributed by atoms with E-state index in [1.54, 1.807) is 13.3 Å². The van der Waals surface area contributed by atoms with Crippen molar-refractivity contribution in [1.29, 1.82) is 0 Å². The van der Waals surface area contributed by atoms with Crippen LogP contribution in [0.1, 0.15) is 17.1 Å². The summed E-state index contributed by atoms with van der Waals surface area (Å²) in [6.45, 7) is -0.213. The Morgan fingerprint density at radius 3 is 2.50 bits per heavy atom. The predicted molar refractivity (Wildman–Crippen MR) is 87.3 cm³/mol. The smallest absolute Gasteiger partial charge is 0.265 e. The lowest BCUT2D eigenvalue weighted by Gasteiger charge is -2.11. The Balaban J connectivity index is 1.99. The molecule has 2 aromatic heterocycles. The molecule has 0 aliphatic carbocycles. The van der Waals surface area contributed by atoms with Gasteiger partial charge in [0.15, 0.2) is 22.6 Å². The first-order valence-electron chi connectivity index (χ1n) is 7.37. The molecule has 0 saturated heterocycles. The molecule has 3 rings (SSSR count). The van der Waals surface area contributed by atoms with E-state index < -0.39 is 23.0 Å². The van der Waals surface area contributed by atoms with Crippen LogP contribution < -0.4 is 5.56 Å². The molecule has 136 valence electrons. The second-order valence-corrected chi connectivity index (χ2v) is 6.15. The molecule has 0 aliphatic rings. The molecule has 0 aliphatic heterocycles. The molecule has 7 nitrogen and oxygen atoms in total. The van der Waals surface area contributed by atoms with E-state index in [0.717, 1.165) is 17.8 Å². The Kier molecular flexibility index (Phi) is 5.07. The van der Waals surface area contributed by atoms with E-state index in [-0.39, 0.29) is 29.4 Å². The van der Waals surface area contributed by atoms with Gasteiger partial charge in [0.1, 0.15) is 17.8 Å². The maximum Gasteiger partial charge on any atom is 0.296 e. The summed E-state index contributed by atoms with van der Waals surface area (Å²) in [5, 5.41) is 8.48. The lowest BCUT2D eigenvalue weighted by Crippen LogP contribution is -2.24. The van der Waals surface area contributed by atoms with Gasteiger partial charge < -0.3 is 0 Å². The van der Waals surface area contributed by atoms with Crippen LogP contribution in [0.2, 0.25) is 0 Å². The van der Waals surface area contributed by atoms with E-state index in [9.17, 15) is 18.0 Å². The number of aromatic nitrogens is 6. The monoisotopic (exact) mass is 382 g/mol. The molecule has 0 N–H and O–H groups in total. The predicted octanol–water partition coefficient (Wildman–Crippen LogP) is 1.55. The van der Waals surface area contributed by atoms with Gasteiger partial charge in [0, 0.05) is 18.7 Å². The highest BCUT2D eigenvalue weighted by atomic mass is 32.2. The largest absolute Gasteiger partial charge is 0.296 e. The van der Waals surface area contributed by atoms with Gasteiger partial charge >= 0.3 is 0 Å². The maximum atomic E-state index is 13.9. The molecule has 2 heterocycles. The first-order chi connectivity index (χ1) is 12.4. The Hall–Kier alpha value is -2.69. The summed E-state index contributed by atoms with van der Waals surface area (Å²) < 4.78 is 43.2. The van der Waals surface area contributed by atoms with Crippen LogP contribution in [0.4, 0.5) is 13.2 Å².